The second-order valence-electron chi connectivity index (χ2n) is 8.38. The fraction of sp³-hybridized carbons (Fsp3) is 0.0345. The Bertz CT molecular complexity index is 1460. The van der Waals surface area contributed by atoms with Crippen molar-refractivity contribution in [2.24, 2.45) is 0 Å². The maximum Gasteiger partial charge on any atom is 0.200 e. The molecule has 0 aromatic heterocycles. The molecule has 0 aliphatic heterocycles. The Morgan fingerprint density at radius 2 is 0.625 bits per heavy atom. The largest absolute Gasteiger partial charge is 0.345 e. The smallest absolute Gasteiger partial charge is 0.200 e. The van der Waals surface area contributed by atoms with Gasteiger partial charge >= 0.3 is 0 Å². The fourth-order valence-electron chi connectivity index (χ4n) is 3.66. The minimum atomic E-state index is -2.25. The Hall–Kier alpha value is -4.54. The van der Waals surface area contributed by atoms with E-state index in [9.17, 15) is 43.9 Å². The molecule has 0 spiro atoms. The van der Waals surface area contributed by atoms with Gasteiger partial charge in [-0.05, 0) is 47.5 Å². The first-order valence-electron chi connectivity index (χ1n) is 11.2. The highest BCUT2D eigenvalue weighted by Crippen LogP contribution is 2.28. The number of halogens is 10. The molecule has 4 rings (SSSR count). The summed E-state index contributed by atoms with van der Waals surface area (Å²) in [6.07, 6.45) is 3.89. The molecule has 0 atom stereocenters. The normalized spacial score (nSPS) is 11.7. The lowest BCUT2D eigenvalue weighted by Gasteiger charge is -2.20. The molecule has 0 heterocycles. The third kappa shape index (κ3) is 5.31. The van der Waals surface area contributed by atoms with Gasteiger partial charge in [0.25, 0.3) is 0 Å². The summed E-state index contributed by atoms with van der Waals surface area (Å²) in [6.45, 7) is 0. The summed E-state index contributed by atoms with van der Waals surface area (Å²) in [5, 5.41) is 0. The molecule has 0 fully saturated rings. The summed E-state index contributed by atoms with van der Waals surface area (Å²) in [4.78, 5) is 1.72. The zero-order valence-corrected chi connectivity index (χ0v) is 20.2. The molecule has 0 aliphatic rings. The number of anilines is 2. The third-order valence-electron chi connectivity index (χ3n) is 5.93. The highest BCUT2D eigenvalue weighted by atomic mass is 19.2. The second-order valence-corrected chi connectivity index (χ2v) is 8.38. The number of hydrogen-bond donors (Lipinski definition) is 0. The Kier molecular flexibility index (Phi) is 8.03. The van der Waals surface area contributed by atoms with Gasteiger partial charge in [-0.3, -0.25) is 0 Å². The van der Waals surface area contributed by atoms with E-state index in [2.05, 4.69) is 0 Å². The molecule has 1 nitrogen and oxygen atoms in total. The van der Waals surface area contributed by atoms with Crippen molar-refractivity contribution in [3.63, 3.8) is 0 Å². The molecule has 206 valence electrons. The van der Waals surface area contributed by atoms with E-state index in [-0.39, 0.29) is 0 Å². The van der Waals surface area contributed by atoms with Gasteiger partial charge in [0.1, 0.15) is 0 Å². The molecule has 0 N–H and O–H groups in total. The summed E-state index contributed by atoms with van der Waals surface area (Å²) in [7, 11) is 1.69. The molecule has 0 aliphatic carbocycles. The molecular formula is C29H15F10N. The average Bonchev–Trinajstić information content (AvgIpc) is 2.97. The molecule has 0 saturated carbocycles. The van der Waals surface area contributed by atoms with Crippen LogP contribution in [0.1, 0.15) is 22.3 Å². The van der Waals surface area contributed by atoms with Crippen molar-refractivity contribution >= 4 is 35.7 Å². The van der Waals surface area contributed by atoms with Crippen LogP contribution in [0, 0.1) is 58.2 Å². The van der Waals surface area contributed by atoms with Gasteiger partial charge in [-0.15, -0.1) is 0 Å². The number of nitrogens with zero attached hydrogens (tertiary/aromatic N) is 1. The Morgan fingerprint density at radius 3 is 0.900 bits per heavy atom. The van der Waals surface area contributed by atoms with Gasteiger partial charge in [0.05, 0.1) is 11.1 Å². The van der Waals surface area contributed by atoms with Crippen molar-refractivity contribution in [1.82, 2.24) is 0 Å². The molecule has 0 saturated heterocycles. The summed E-state index contributed by atoms with van der Waals surface area (Å²) in [6, 6.07) is 12.6. The summed E-state index contributed by atoms with van der Waals surface area (Å²) >= 11 is 0. The maximum atomic E-state index is 13.8. The van der Waals surface area contributed by atoms with E-state index in [1.165, 1.54) is 36.4 Å². The van der Waals surface area contributed by atoms with Gasteiger partial charge in [-0.1, -0.05) is 36.4 Å². The predicted molar refractivity (Wildman–Crippen MR) is 131 cm³/mol. The van der Waals surface area contributed by atoms with Gasteiger partial charge in [0, 0.05) is 18.4 Å². The Morgan fingerprint density at radius 1 is 0.375 bits per heavy atom. The molecule has 11 heteroatoms. The summed E-state index contributed by atoms with van der Waals surface area (Å²) in [5.41, 5.74) is -0.0839. The highest BCUT2D eigenvalue weighted by molar-refractivity contribution is 5.74. The Balaban J connectivity index is 1.49. The zero-order chi connectivity index (χ0) is 29.3. The number of rotatable bonds is 6. The molecular weight excluding hydrogens is 552 g/mol. The van der Waals surface area contributed by atoms with Crippen LogP contribution in [0.25, 0.3) is 24.3 Å². The van der Waals surface area contributed by atoms with E-state index in [0.29, 0.717) is 22.5 Å². The number of hydrogen-bond acceptors (Lipinski definition) is 1. The highest BCUT2D eigenvalue weighted by Gasteiger charge is 2.25. The van der Waals surface area contributed by atoms with E-state index < -0.39 is 69.3 Å². The van der Waals surface area contributed by atoms with Crippen molar-refractivity contribution in [1.29, 1.82) is 0 Å². The molecule has 0 unspecified atom stereocenters. The van der Waals surface area contributed by atoms with E-state index in [0.717, 1.165) is 12.2 Å². The quantitative estimate of drug-likeness (QED) is 0.0972. The van der Waals surface area contributed by atoms with Crippen molar-refractivity contribution in [3.8, 4) is 0 Å². The van der Waals surface area contributed by atoms with Crippen LogP contribution in [0.3, 0.4) is 0 Å². The van der Waals surface area contributed by atoms with Gasteiger partial charge in [-0.25, -0.2) is 43.9 Å². The standard InChI is InChI=1S/C29H15F10N/c1-40(16-8-2-14(3-9-16)6-12-18-20(30)24(34)28(38)25(35)21(18)31)17-10-4-15(5-11-17)7-13-19-22(32)26(36)29(39)27(37)23(19)33/h2-13H,1H3. The topological polar surface area (TPSA) is 3.24 Å². The van der Waals surface area contributed by atoms with Crippen molar-refractivity contribution in [3.05, 3.63) is 129 Å². The summed E-state index contributed by atoms with van der Waals surface area (Å²) < 4.78 is 135. The van der Waals surface area contributed by atoms with Crippen LogP contribution < -0.4 is 4.90 Å². The van der Waals surface area contributed by atoms with Gasteiger partial charge in [0.15, 0.2) is 46.5 Å². The van der Waals surface area contributed by atoms with Gasteiger partial charge < -0.3 is 4.90 Å². The van der Waals surface area contributed by atoms with Crippen LogP contribution in [0.15, 0.2) is 48.5 Å². The van der Waals surface area contributed by atoms with Crippen LogP contribution >= 0.6 is 0 Å². The lowest BCUT2D eigenvalue weighted by atomic mass is 10.1. The monoisotopic (exact) mass is 567 g/mol. The van der Waals surface area contributed by atoms with Crippen LogP contribution in [0.2, 0.25) is 0 Å². The lowest BCUT2D eigenvalue weighted by Crippen LogP contribution is -2.09. The predicted octanol–water partition coefficient (Wildman–Crippen LogP) is 9.19. The van der Waals surface area contributed by atoms with Gasteiger partial charge in [-0.2, -0.15) is 0 Å². The first-order valence-corrected chi connectivity index (χ1v) is 11.2. The van der Waals surface area contributed by atoms with Crippen LogP contribution in [0.5, 0.6) is 0 Å². The molecule has 0 bridgehead atoms. The van der Waals surface area contributed by atoms with Crippen molar-refractivity contribution in [2.45, 2.75) is 0 Å². The second kappa shape index (κ2) is 11.3. The first kappa shape index (κ1) is 28.5. The minimum Gasteiger partial charge on any atom is -0.345 e. The Labute approximate surface area is 220 Å². The molecule has 4 aromatic carbocycles. The molecule has 40 heavy (non-hydrogen) atoms. The van der Waals surface area contributed by atoms with Crippen LogP contribution in [-0.4, -0.2) is 7.05 Å². The fourth-order valence-corrected chi connectivity index (χ4v) is 3.66. The number of benzene rings is 4. The molecule has 4 aromatic rings. The first-order chi connectivity index (χ1) is 18.9. The van der Waals surface area contributed by atoms with E-state index in [1.807, 2.05) is 0 Å². The maximum absolute atomic E-state index is 13.8. The van der Waals surface area contributed by atoms with E-state index in [4.69, 9.17) is 0 Å². The van der Waals surface area contributed by atoms with Crippen molar-refractivity contribution in [2.75, 3.05) is 11.9 Å². The van der Waals surface area contributed by atoms with Crippen LogP contribution in [0.4, 0.5) is 55.3 Å². The SMILES string of the molecule is CN(c1ccc(C=Cc2c(F)c(F)c(F)c(F)c2F)cc1)c1ccc(C=Cc2c(F)c(F)c(F)c(F)c2F)cc1. The third-order valence-corrected chi connectivity index (χ3v) is 5.93. The zero-order valence-electron chi connectivity index (χ0n) is 20.2. The molecule has 0 radical (unpaired) electrons. The van der Waals surface area contributed by atoms with E-state index in [1.54, 1.807) is 36.2 Å². The van der Waals surface area contributed by atoms with Gasteiger partial charge in [0.2, 0.25) is 11.6 Å². The van der Waals surface area contributed by atoms with E-state index >= 15 is 0 Å². The van der Waals surface area contributed by atoms with Crippen LogP contribution in [-0.2, 0) is 0 Å². The average molecular weight is 567 g/mol. The van der Waals surface area contributed by atoms with Crippen molar-refractivity contribution < 1.29 is 43.9 Å². The lowest BCUT2D eigenvalue weighted by molar-refractivity contribution is 0.377. The minimum absolute atomic E-state index is 0.398. The summed E-state index contributed by atoms with van der Waals surface area (Å²) in [5.74, 6) is -20.5. The molecule has 0 amide bonds.